The maximum absolute atomic E-state index is 12.3. The lowest BCUT2D eigenvalue weighted by Gasteiger charge is -2.04. The first kappa shape index (κ1) is 19.6. The molecule has 3 rings (SSSR count). The van der Waals surface area contributed by atoms with Crippen molar-refractivity contribution in [1.82, 2.24) is 19.9 Å². The van der Waals surface area contributed by atoms with Crippen molar-refractivity contribution in [3.8, 4) is 0 Å². The number of benzene rings is 1. The Hall–Kier alpha value is -2.11. The molecular weight excluding hydrogens is 433 g/mol. The normalized spacial score (nSPS) is 11.3. The maximum Gasteiger partial charge on any atom is 0.270 e. The number of nitrogens with one attached hydrogen (secondary N) is 2. The first-order chi connectivity index (χ1) is 12.8. The molecule has 140 valence electrons. The Bertz CT molecular complexity index is 1070. The Kier molecular flexibility index (Phi) is 6.02. The molecule has 2 aromatic heterocycles. The molecule has 0 unspecified atom stereocenters. The van der Waals surface area contributed by atoms with Crippen LogP contribution >= 0.6 is 34.5 Å². The fourth-order valence-corrected chi connectivity index (χ4v) is 4.40. The molecular formula is C15H11Cl2N5O3S2. The van der Waals surface area contributed by atoms with Gasteiger partial charge >= 0.3 is 0 Å². The van der Waals surface area contributed by atoms with E-state index in [2.05, 4.69) is 25.2 Å². The van der Waals surface area contributed by atoms with Crippen LogP contribution < -0.4 is 10.0 Å². The van der Waals surface area contributed by atoms with E-state index in [9.17, 15) is 13.2 Å². The summed E-state index contributed by atoms with van der Waals surface area (Å²) in [5.74, 6) is -0.555. The third-order valence-electron chi connectivity index (χ3n) is 3.22. The van der Waals surface area contributed by atoms with Gasteiger partial charge in [0.25, 0.3) is 15.9 Å². The third kappa shape index (κ3) is 4.99. The van der Waals surface area contributed by atoms with E-state index >= 15 is 0 Å². The van der Waals surface area contributed by atoms with Crippen molar-refractivity contribution in [2.24, 2.45) is 0 Å². The predicted octanol–water partition coefficient (Wildman–Crippen LogP) is 2.97. The first-order valence-electron chi connectivity index (χ1n) is 7.33. The average molecular weight is 444 g/mol. The lowest BCUT2D eigenvalue weighted by Crippen LogP contribution is -2.23. The van der Waals surface area contributed by atoms with Gasteiger partial charge in [0.15, 0.2) is 0 Å². The summed E-state index contributed by atoms with van der Waals surface area (Å²) >= 11 is 12.5. The quantitative estimate of drug-likeness (QED) is 0.565. The number of pyridine rings is 1. The second-order valence-corrected chi connectivity index (χ2v) is 8.90. The summed E-state index contributed by atoms with van der Waals surface area (Å²) in [6.45, 7) is 0.0534. The molecule has 0 atom stereocenters. The number of amides is 1. The van der Waals surface area contributed by atoms with Gasteiger partial charge in [0.05, 0.1) is 10.6 Å². The van der Waals surface area contributed by atoms with E-state index < -0.39 is 15.9 Å². The molecule has 0 fully saturated rings. The lowest BCUT2D eigenvalue weighted by atomic mass is 10.2. The van der Waals surface area contributed by atoms with Crippen molar-refractivity contribution < 1.29 is 13.2 Å². The van der Waals surface area contributed by atoms with Crippen LogP contribution in [0.25, 0.3) is 0 Å². The summed E-state index contributed by atoms with van der Waals surface area (Å²) in [5, 5.41) is 10.3. The third-order valence-corrected chi connectivity index (χ3v) is 6.38. The molecule has 0 aliphatic rings. The molecule has 27 heavy (non-hydrogen) atoms. The van der Waals surface area contributed by atoms with Gasteiger partial charge in [-0.3, -0.25) is 15.1 Å². The maximum atomic E-state index is 12.3. The smallest absolute Gasteiger partial charge is 0.270 e. The summed E-state index contributed by atoms with van der Waals surface area (Å²) in [6, 6.07) is 7.83. The summed E-state index contributed by atoms with van der Waals surface area (Å²) in [4.78, 5) is 16.2. The number of sulfonamides is 1. The number of rotatable bonds is 6. The van der Waals surface area contributed by atoms with Gasteiger partial charge in [-0.15, -0.1) is 10.2 Å². The van der Waals surface area contributed by atoms with Crippen molar-refractivity contribution in [1.29, 1.82) is 0 Å². The lowest BCUT2D eigenvalue weighted by molar-refractivity contribution is 0.102. The highest BCUT2D eigenvalue weighted by atomic mass is 35.5. The van der Waals surface area contributed by atoms with Crippen LogP contribution in [0.5, 0.6) is 0 Å². The van der Waals surface area contributed by atoms with Gasteiger partial charge in [0.2, 0.25) is 9.47 Å². The van der Waals surface area contributed by atoms with Crippen LogP contribution in [0.3, 0.4) is 0 Å². The van der Waals surface area contributed by atoms with Gasteiger partial charge in [-0.05, 0) is 29.8 Å². The van der Waals surface area contributed by atoms with Crippen LogP contribution in [0.2, 0.25) is 10.0 Å². The Morgan fingerprint density at radius 3 is 2.70 bits per heavy atom. The predicted molar refractivity (Wildman–Crippen MR) is 103 cm³/mol. The molecule has 0 saturated heterocycles. The number of nitrogens with zero attached hydrogens (tertiary/aromatic N) is 3. The Morgan fingerprint density at radius 2 is 2.00 bits per heavy atom. The Morgan fingerprint density at radius 1 is 1.19 bits per heavy atom. The largest absolute Gasteiger partial charge is 0.296 e. The van der Waals surface area contributed by atoms with E-state index in [4.69, 9.17) is 23.2 Å². The standard InChI is InChI=1S/C15H11Cl2N5O3S2/c16-10-3-4-11(12(17)6-10)13(23)20-14-21-22-15(26-14)27(24,25)19-8-9-2-1-5-18-7-9/h1-7,19H,8H2,(H,20,21,23). The number of hydrogen-bond donors (Lipinski definition) is 2. The van der Waals surface area contributed by atoms with Gasteiger partial charge in [-0.1, -0.05) is 40.6 Å². The SMILES string of the molecule is O=C(Nc1nnc(S(=O)(=O)NCc2cccnc2)s1)c1ccc(Cl)cc1Cl. The second kappa shape index (κ2) is 8.28. The summed E-state index contributed by atoms with van der Waals surface area (Å²) in [7, 11) is -3.88. The fraction of sp³-hybridized carbons (Fsp3) is 0.0667. The van der Waals surface area contributed by atoms with Gasteiger partial charge < -0.3 is 0 Å². The zero-order valence-electron chi connectivity index (χ0n) is 13.4. The molecule has 0 aliphatic carbocycles. The molecule has 0 saturated carbocycles. The molecule has 1 amide bonds. The second-order valence-electron chi connectivity index (χ2n) is 5.14. The van der Waals surface area contributed by atoms with Crippen LogP contribution in [0.4, 0.5) is 5.13 Å². The van der Waals surface area contributed by atoms with Crippen LogP contribution in [0, 0.1) is 0 Å². The average Bonchev–Trinajstić information content (AvgIpc) is 3.10. The highest BCUT2D eigenvalue weighted by Gasteiger charge is 2.21. The highest BCUT2D eigenvalue weighted by molar-refractivity contribution is 7.91. The van der Waals surface area contributed by atoms with E-state index in [0.717, 1.165) is 11.3 Å². The molecule has 8 nitrogen and oxygen atoms in total. The van der Waals surface area contributed by atoms with Gasteiger partial charge in [0, 0.05) is 24.0 Å². The van der Waals surface area contributed by atoms with Crippen LogP contribution in [-0.2, 0) is 16.6 Å². The molecule has 2 heterocycles. The zero-order valence-corrected chi connectivity index (χ0v) is 16.5. The molecule has 0 radical (unpaired) electrons. The molecule has 1 aromatic carbocycles. The monoisotopic (exact) mass is 443 g/mol. The minimum absolute atomic E-state index is 0.0211. The number of carbonyl (C=O) groups excluding carboxylic acids is 1. The van der Waals surface area contributed by atoms with E-state index in [1.807, 2.05) is 0 Å². The van der Waals surface area contributed by atoms with Crippen molar-refractivity contribution >= 4 is 55.6 Å². The molecule has 12 heteroatoms. The molecule has 0 bridgehead atoms. The number of hydrogen-bond acceptors (Lipinski definition) is 7. The minimum Gasteiger partial charge on any atom is -0.296 e. The van der Waals surface area contributed by atoms with Gasteiger partial charge in [-0.25, -0.2) is 13.1 Å². The topological polar surface area (TPSA) is 114 Å². The van der Waals surface area contributed by atoms with Crippen molar-refractivity contribution in [3.05, 3.63) is 63.9 Å². The van der Waals surface area contributed by atoms with Crippen LogP contribution in [0.15, 0.2) is 47.1 Å². The minimum atomic E-state index is -3.88. The van der Waals surface area contributed by atoms with Crippen LogP contribution in [0.1, 0.15) is 15.9 Å². The van der Waals surface area contributed by atoms with E-state index in [1.54, 1.807) is 24.5 Å². The van der Waals surface area contributed by atoms with Crippen molar-refractivity contribution in [2.45, 2.75) is 10.9 Å². The van der Waals surface area contributed by atoms with Crippen molar-refractivity contribution in [2.75, 3.05) is 5.32 Å². The summed E-state index contributed by atoms with van der Waals surface area (Å²) in [6.07, 6.45) is 3.13. The van der Waals surface area contributed by atoms with Crippen LogP contribution in [-0.4, -0.2) is 29.5 Å². The fourth-order valence-electron chi connectivity index (χ4n) is 1.95. The number of carbonyl (C=O) groups is 1. The highest BCUT2D eigenvalue weighted by Crippen LogP contribution is 2.24. The number of halogens is 2. The molecule has 0 spiro atoms. The Balaban J connectivity index is 1.69. The number of anilines is 1. The van der Waals surface area contributed by atoms with Crippen molar-refractivity contribution in [3.63, 3.8) is 0 Å². The molecule has 2 N–H and O–H groups in total. The molecule has 0 aliphatic heterocycles. The molecule has 3 aromatic rings. The summed E-state index contributed by atoms with van der Waals surface area (Å²) in [5.41, 5.74) is 0.867. The zero-order chi connectivity index (χ0) is 19.4. The van der Waals surface area contributed by atoms with Gasteiger partial charge in [-0.2, -0.15) is 0 Å². The van der Waals surface area contributed by atoms with Gasteiger partial charge in [0.1, 0.15) is 0 Å². The van der Waals surface area contributed by atoms with E-state index in [0.29, 0.717) is 10.6 Å². The number of aromatic nitrogens is 3. The first-order valence-corrected chi connectivity index (χ1v) is 10.4. The Labute approximate surface area is 168 Å². The van der Waals surface area contributed by atoms with E-state index in [-0.39, 0.29) is 26.6 Å². The summed E-state index contributed by atoms with van der Waals surface area (Å²) < 4.78 is 26.7. The van der Waals surface area contributed by atoms with E-state index in [1.165, 1.54) is 18.2 Å².